The van der Waals surface area contributed by atoms with Gasteiger partial charge in [0.05, 0.1) is 10.7 Å². The lowest BCUT2D eigenvalue weighted by atomic mass is 10.2. The average Bonchev–Trinajstić information content (AvgIpc) is 2.64. The molecule has 2 nitrogen and oxygen atoms in total. The summed E-state index contributed by atoms with van der Waals surface area (Å²) in [6.07, 6.45) is 1.40. The molecule has 0 radical (unpaired) electrons. The Morgan fingerprint density at radius 1 is 1.42 bits per heavy atom. The summed E-state index contributed by atoms with van der Waals surface area (Å²) in [4.78, 5) is 14.9. The van der Waals surface area contributed by atoms with Crippen LogP contribution in [0.1, 0.15) is 12.5 Å². The molecule has 0 aromatic heterocycles. The van der Waals surface area contributed by atoms with Crippen LogP contribution < -0.4 is 4.90 Å². The van der Waals surface area contributed by atoms with Gasteiger partial charge in [0.25, 0.3) is 3.79 Å². The molecular weight excluding hydrogens is 325 g/mol. The van der Waals surface area contributed by atoms with E-state index in [2.05, 4.69) is 6.07 Å². The second kappa shape index (κ2) is 5.57. The summed E-state index contributed by atoms with van der Waals surface area (Å²) in [6, 6.07) is 6.17. The van der Waals surface area contributed by atoms with Gasteiger partial charge in [-0.25, -0.2) is 0 Å². The number of rotatable bonds is 2. The van der Waals surface area contributed by atoms with E-state index in [0.29, 0.717) is 0 Å². The first kappa shape index (κ1) is 15.0. The summed E-state index contributed by atoms with van der Waals surface area (Å²) < 4.78 is -1.91. The largest absolute Gasteiger partial charge is 0.335 e. The van der Waals surface area contributed by atoms with Gasteiger partial charge in [-0.15, -0.1) is 0 Å². The van der Waals surface area contributed by atoms with Gasteiger partial charge in [0.1, 0.15) is 0 Å². The molecule has 1 aliphatic heterocycles. The molecular formula is C13H12Cl3NOS. The molecule has 19 heavy (non-hydrogen) atoms. The number of hydrogen-bond donors (Lipinski definition) is 0. The number of halogens is 3. The Labute approximate surface area is 131 Å². The predicted octanol–water partition coefficient (Wildman–Crippen LogP) is 4.71. The van der Waals surface area contributed by atoms with E-state index in [-0.39, 0.29) is 0 Å². The second-order valence-corrected chi connectivity index (χ2v) is 7.51. The topological polar surface area (TPSA) is 20.3 Å². The Kier molecular flexibility index (Phi) is 4.41. The molecule has 0 aliphatic carbocycles. The summed E-state index contributed by atoms with van der Waals surface area (Å²) >= 11 is 18.3. The monoisotopic (exact) mass is 335 g/mol. The Bertz CT molecular complexity index is 551. The van der Waals surface area contributed by atoms with Crippen LogP contribution in [0, 0.1) is 6.92 Å². The molecule has 0 bridgehead atoms. The predicted molar refractivity (Wildman–Crippen MR) is 83.4 cm³/mol. The molecule has 102 valence electrons. The third-order valence-electron chi connectivity index (χ3n) is 2.74. The molecule has 1 aromatic carbocycles. The third-order valence-corrected chi connectivity index (χ3v) is 4.41. The van der Waals surface area contributed by atoms with E-state index in [1.165, 1.54) is 23.4 Å². The highest BCUT2D eigenvalue weighted by molar-refractivity contribution is 8.03. The standard InChI is InChI=1S/C13H12Cl3NOS/c1-3-17-9-6-8(2)4-5-10(9)19-12(17)7-11(18)13(14,15)16/h4-7H,3H2,1-2H3/b12-7+. The molecule has 0 amide bonds. The van der Waals surface area contributed by atoms with Crippen LogP contribution >= 0.6 is 46.6 Å². The fourth-order valence-corrected chi connectivity index (χ4v) is 3.14. The van der Waals surface area contributed by atoms with E-state index in [9.17, 15) is 4.79 Å². The number of nitrogens with zero attached hydrogens (tertiary/aromatic N) is 1. The van der Waals surface area contributed by atoms with Gasteiger partial charge in [0.15, 0.2) is 0 Å². The highest BCUT2D eigenvalue weighted by Crippen LogP contribution is 2.46. The van der Waals surface area contributed by atoms with E-state index in [0.717, 1.165) is 22.2 Å². The number of carbonyl (C=O) groups excluding carboxylic acids is 1. The van der Waals surface area contributed by atoms with Crippen molar-refractivity contribution in [3.05, 3.63) is 34.9 Å². The number of hydrogen-bond acceptors (Lipinski definition) is 3. The first-order chi connectivity index (χ1) is 8.82. The van der Waals surface area contributed by atoms with E-state index in [1.54, 1.807) is 0 Å². The molecule has 0 unspecified atom stereocenters. The van der Waals surface area contributed by atoms with Crippen LogP contribution in [0.3, 0.4) is 0 Å². The first-order valence-electron chi connectivity index (χ1n) is 5.72. The van der Waals surface area contributed by atoms with Crippen LogP contribution in [0.25, 0.3) is 0 Å². The Morgan fingerprint density at radius 3 is 2.68 bits per heavy atom. The fourth-order valence-electron chi connectivity index (χ4n) is 1.84. The van der Waals surface area contributed by atoms with E-state index < -0.39 is 9.58 Å². The lowest BCUT2D eigenvalue weighted by Crippen LogP contribution is -2.21. The molecule has 2 rings (SSSR count). The lowest BCUT2D eigenvalue weighted by Gasteiger charge is -2.18. The number of ketones is 1. The summed E-state index contributed by atoms with van der Waals surface area (Å²) in [6.45, 7) is 4.81. The summed E-state index contributed by atoms with van der Waals surface area (Å²) in [5.74, 6) is -0.525. The lowest BCUT2D eigenvalue weighted by molar-refractivity contribution is -0.113. The van der Waals surface area contributed by atoms with Gasteiger partial charge in [-0.1, -0.05) is 52.6 Å². The Balaban J connectivity index is 2.37. The maximum Gasteiger partial charge on any atom is 0.252 e. The van der Waals surface area contributed by atoms with Crippen molar-refractivity contribution >= 4 is 58.0 Å². The molecule has 0 atom stereocenters. The highest BCUT2D eigenvalue weighted by atomic mass is 35.6. The van der Waals surface area contributed by atoms with Crippen molar-refractivity contribution < 1.29 is 4.79 Å². The highest BCUT2D eigenvalue weighted by Gasteiger charge is 2.32. The van der Waals surface area contributed by atoms with Gasteiger partial charge >= 0.3 is 0 Å². The van der Waals surface area contributed by atoms with Crippen molar-refractivity contribution in [1.29, 1.82) is 0 Å². The zero-order valence-electron chi connectivity index (χ0n) is 10.4. The maximum absolute atomic E-state index is 11.8. The fraction of sp³-hybridized carbons (Fsp3) is 0.308. The van der Waals surface area contributed by atoms with E-state index in [1.807, 2.05) is 30.9 Å². The molecule has 1 heterocycles. The number of anilines is 1. The number of allylic oxidation sites excluding steroid dienone is 1. The summed E-state index contributed by atoms with van der Waals surface area (Å²) in [5.41, 5.74) is 2.27. The Morgan fingerprint density at radius 2 is 2.11 bits per heavy atom. The van der Waals surface area contributed by atoms with Crippen molar-refractivity contribution in [2.45, 2.75) is 22.5 Å². The van der Waals surface area contributed by atoms with Crippen molar-refractivity contribution in [2.75, 3.05) is 11.4 Å². The second-order valence-electron chi connectivity index (χ2n) is 4.16. The summed E-state index contributed by atoms with van der Waals surface area (Å²) in [5, 5.41) is 0.791. The average molecular weight is 337 g/mol. The zero-order valence-corrected chi connectivity index (χ0v) is 13.5. The number of fused-ring (bicyclic) bond motifs is 1. The minimum atomic E-state index is -1.91. The van der Waals surface area contributed by atoms with Crippen molar-refractivity contribution in [1.82, 2.24) is 0 Å². The minimum absolute atomic E-state index is 0.525. The number of thioether (sulfide) groups is 1. The van der Waals surface area contributed by atoms with Crippen molar-refractivity contribution in [3.63, 3.8) is 0 Å². The third kappa shape index (κ3) is 3.22. The molecule has 1 aliphatic rings. The van der Waals surface area contributed by atoms with Gasteiger partial charge in [-0.2, -0.15) is 0 Å². The van der Waals surface area contributed by atoms with Gasteiger partial charge in [-0.05, 0) is 31.5 Å². The number of carbonyl (C=O) groups is 1. The molecule has 1 aromatic rings. The number of benzene rings is 1. The van der Waals surface area contributed by atoms with Gasteiger partial charge in [-0.3, -0.25) is 4.79 Å². The van der Waals surface area contributed by atoms with Crippen LogP contribution in [-0.2, 0) is 4.79 Å². The van der Waals surface area contributed by atoms with Crippen LogP contribution in [0.15, 0.2) is 34.2 Å². The van der Waals surface area contributed by atoms with Crippen LogP contribution in [-0.4, -0.2) is 16.1 Å². The van der Waals surface area contributed by atoms with Gasteiger partial charge in [0.2, 0.25) is 5.78 Å². The van der Waals surface area contributed by atoms with Crippen molar-refractivity contribution in [3.8, 4) is 0 Å². The van der Waals surface area contributed by atoms with Crippen LogP contribution in [0.5, 0.6) is 0 Å². The minimum Gasteiger partial charge on any atom is -0.335 e. The zero-order chi connectivity index (χ0) is 14.2. The van der Waals surface area contributed by atoms with Crippen LogP contribution in [0.2, 0.25) is 0 Å². The molecule has 0 spiro atoms. The SMILES string of the molecule is CCN1/C(=C\C(=O)C(Cl)(Cl)Cl)Sc2ccc(C)cc21. The number of alkyl halides is 3. The first-order valence-corrected chi connectivity index (χ1v) is 7.67. The normalized spacial score (nSPS) is 16.9. The van der Waals surface area contributed by atoms with Gasteiger partial charge < -0.3 is 4.90 Å². The molecule has 0 saturated heterocycles. The van der Waals surface area contributed by atoms with E-state index in [4.69, 9.17) is 34.8 Å². The van der Waals surface area contributed by atoms with Gasteiger partial charge in [0, 0.05) is 17.5 Å². The summed E-state index contributed by atoms with van der Waals surface area (Å²) in [7, 11) is 0. The molecule has 0 saturated carbocycles. The molecule has 6 heteroatoms. The van der Waals surface area contributed by atoms with Crippen molar-refractivity contribution in [2.24, 2.45) is 0 Å². The quantitative estimate of drug-likeness (QED) is 0.576. The smallest absolute Gasteiger partial charge is 0.252 e. The molecule has 0 N–H and O–H groups in total. The van der Waals surface area contributed by atoms with E-state index >= 15 is 0 Å². The maximum atomic E-state index is 11.8. The molecule has 0 fully saturated rings. The number of aryl methyl sites for hydroxylation is 1. The van der Waals surface area contributed by atoms with Crippen LogP contribution in [0.4, 0.5) is 5.69 Å². The Hall–Kier alpha value is -0.350.